The summed E-state index contributed by atoms with van der Waals surface area (Å²) in [6.07, 6.45) is 9.65. The molecule has 0 N–H and O–H groups in total. The van der Waals surface area contributed by atoms with Gasteiger partial charge in [-0.2, -0.15) is 0 Å². The average Bonchev–Trinajstić information content (AvgIpc) is 2.82. The predicted molar refractivity (Wildman–Crippen MR) is 72.8 cm³/mol. The van der Waals surface area contributed by atoms with Gasteiger partial charge in [0.05, 0.1) is 6.33 Å². The Morgan fingerprint density at radius 1 is 1.41 bits per heavy atom. The smallest absolute Gasteiger partial charge is 0.0986 e. The third-order valence-corrected chi connectivity index (χ3v) is 2.90. The molecule has 0 saturated carbocycles. The van der Waals surface area contributed by atoms with Crippen molar-refractivity contribution in [1.29, 1.82) is 0 Å². The van der Waals surface area contributed by atoms with Gasteiger partial charge in [-0.25, -0.2) is 4.98 Å². The zero-order valence-corrected chi connectivity index (χ0v) is 10.6. The summed E-state index contributed by atoms with van der Waals surface area (Å²) in [7, 11) is 0. The molecule has 2 rings (SSSR count). The van der Waals surface area contributed by atoms with Crippen molar-refractivity contribution in [3.8, 4) is 0 Å². The summed E-state index contributed by atoms with van der Waals surface area (Å²) >= 11 is 6.23. The highest BCUT2D eigenvalue weighted by atomic mass is 35.5. The zero-order valence-electron chi connectivity index (χ0n) is 9.81. The summed E-state index contributed by atoms with van der Waals surface area (Å²) < 4.78 is 1.95. The number of aromatic nitrogens is 2. The Bertz CT molecular complexity index is 501. The summed E-state index contributed by atoms with van der Waals surface area (Å²) in [6.45, 7) is 2.17. The molecule has 1 heterocycles. The first-order valence-corrected chi connectivity index (χ1v) is 6.12. The lowest BCUT2D eigenvalue weighted by Crippen LogP contribution is -1.89. The molecule has 17 heavy (non-hydrogen) atoms. The molecule has 0 radical (unpaired) electrons. The lowest BCUT2D eigenvalue weighted by Gasteiger charge is -2.09. The van der Waals surface area contributed by atoms with Crippen molar-refractivity contribution in [3.05, 3.63) is 53.6 Å². The van der Waals surface area contributed by atoms with Gasteiger partial charge in [-0.1, -0.05) is 43.1 Å². The van der Waals surface area contributed by atoms with E-state index in [1.54, 1.807) is 12.5 Å². The summed E-state index contributed by atoms with van der Waals surface area (Å²) in [5, 5.41) is 0.798. The average molecular weight is 247 g/mol. The maximum absolute atomic E-state index is 6.23. The first kappa shape index (κ1) is 11.9. The van der Waals surface area contributed by atoms with Crippen molar-refractivity contribution >= 4 is 23.4 Å². The highest BCUT2D eigenvalue weighted by Gasteiger charge is 2.05. The van der Waals surface area contributed by atoms with Gasteiger partial charge in [0.1, 0.15) is 0 Å². The van der Waals surface area contributed by atoms with E-state index in [9.17, 15) is 0 Å². The van der Waals surface area contributed by atoms with Crippen molar-refractivity contribution in [3.63, 3.8) is 0 Å². The first-order chi connectivity index (χ1) is 8.31. The van der Waals surface area contributed by atoms with Crippen LogP contribution in [0.1, 0.15) is 25.3 Å². The molecule has 3 heteroatoms. The molecule has 2 aromatic rings. The molecule has 0 saturated heterocycles. The molecule has 0 bridgehead atoms. The minimum absolute atomic E-state index is 0.798. The summed E-state index contributed by atoms with van der Waals surface area (Å²) in [6, 6.07) is 7.94. The van der Waals surface area contributed by atoms with E-state index in [2.05, 4.69) is 24.2 Å². The van der Waals surface area contributed by atoms with Gasteiger partial charge in [0, 0.05) is 23.6 Å². The molecule has 0 unspecified atom stereocenters. The maximum atomic E-state index is 6.23. The Labute approximate surface area is 107 Å². The van der Waals surface area contributed by atoms with Gasteiger partial charge in [-0.05, 0) is 23.6 Å². The molecule has 1 aromatic carbocycles. The molecule has 0 aliphatic rings. The second-order valence-electron chi connectivity index (χ2n) is 3.89. The second-order valence-corrected chi connectivity index (χ2v) is 4.30. The fourth-order valence-corrected chi connectivity index (χ4v) is 2.04. The van der Waals surface area contributed by atoms with Crippen LogP contribution in [0.15, 0.2) is 43.0 Å². The van der Waals surface area contributed by atoms with E-state index in [0.29, 0.717) is 0 Å². The Kier molecular flexibility index (Phi) is 3.99. The quantitative estimate of drug-likeness (QED) is 0.785. The number of allylic oxidation sites excluding steroid dienone is 1. The van der Waals surface area contributed by atoms with E-state index >= 15 is 0 Å². The van der Waals surface area contributed by atoms with Crippen molar-refractivity contribution in [2.45, 2.75) is 19.8 Å². The Morgan fingerprint density at radius 2 is 2.24 bits per heavy atom. The Balaban J connectivity index is 2.39. The molecular weight excluding hydrogens is 232 g/mol. The molecular formula is C14H15ClN2. The van der Waals surface area contributed by atoms with Crippen molar-refractivity contribution in [1.82, 2.24) is 9.55 Å². The molecule has 0 amide bonds. The standard InChI is InChI=1S/C14H15ClN2/c1-2-5-12(10-17-9-8-16-11-17)13-6-3-4-7-14(13)15/h3-4,6-11H,2,5H2,1H3/b12-10-. The summed E-state index contributed by atoms with van der Waals surface area (Å²) in [4.78, 5) is 4.04. The minimum atomic E-state index is 0.798. The fourth-order valence-electron chi connectivity index (χ4n) is 1.79. The van der Waals surface area contributed by atoms with Gasteiger partial charge >= 0.3 is 0 Å². The van der Waals surface area contributed by atoms with E-state index in [1.165, 1.54) is 5.57 Å². The van der Waals surface area contributed by atoms with Crippen LogP contribution in [0.5, 0.6) is 0 Å². The van der Waals surface area contributed by atoms with E-state index < -0.39 is 0 Å². The third-order valence-electron chi connectivity index (χ3n) is 2.57. The van der Waals surface area contributed by atoms with Crippen LogP contribution in [0.4, 0.5) is 0 Å². The molecule has 88 valence electrons. The van der Waals surface area contributed by atoms with Crippen LogP contribution in [-0.2, 0) is 0 Å². The van der Waals surface area contributed by atoms with Crippen LogP contribution in [0.2, 0.25) is 5.02 Å². The molecule has 0 fully saturated rings. The number of benzene rings is 1. The maximum Gasteiger partial charge on any atom is 0.0986 e. The molecule has 0 aliphatic carbocycles. The van der Waals surface area contributed by atoms with E-state index in [4.69, 9.17) is 11.6 Å². The van der Waals surface area contributed by atoms with Gasteiger partial charge in [0.15, 0.2) is 0 Å². The Hall–Kier alpha value is -1.54. The van der Waals surface area contributed by atoms with Crippen LogP contribution in [-0.4, -0.2) is 9.55 Å². The third kappa shape index (κ3) is 2.98. The SMILES string of the molecule is CCC/C(=C/n1ccnc1)c1ccccc1Cl. The lowest BCUT2D eigenvalue weighted by atomic mass is 10.0. The number of rotatable bonds is 4. The van der Waals surface area contributed by atoms with Crippen molar-refractivity contribution in [2.24, 2.45) is 0 Å². The van der Waals surface area contributed by atoms with Crippen LogP contribution in [0.25, 0.3) is 11.8 Å². The molecule has 2 nitrogen and oxygen atoms in total. The van der Waals surface area contributed by atoms with Gasteiger partial charge in [0.25, 0.3) is 0 Å². The van der Waals surface area contributed by atoms with Gasteiger partial charge < -0.3 is 4.57 Å². The molecule has 0 spiro atoms. The molecule has 1 aromatic heterocycles. The van der Waals surface area contributed by atoms with Crippen molar-refractivity contribution < 1.29 is 0 Å². The highest BCUT2D eigenvalue weighted by Crippen LogP contribution is 2.27. The van der Waals surface area contributed by atoms with E-state index in [-0.39, 0.29) is 0 Å². The van der Waals surface area contributed by atoms with Crippen molar-refractivity contribution in [2.75, 3.05) is 0 Å². The largest absolute Gasteiger partial charge is 0.313 e. The van der Waals surface area contributed by atoms with Gasteiger partial charge in [0.2, 0.25) is 0 Å². The van der Waals surface area contributed by atoms with E-state index in [1.807, 2.05) is 29.0 Å². The minimum Gasteiger partial charge on any atom is -0.313 e. The van der Waals surface area contributed by atoms with Crippen LogP contribution < -0.4 is 0 Å². The first-order valence-electron chi connectivity index (χ1n) is 5.74. The number of imidazole rings is 1. The summed E-state index contributed by atoms with van der Waals surface area (Å²) in [5.41, 5.74) is 2.33. The van der Waals surface area contributed by atoms with Crippen LogP contribution >= 0.6 is 11.6 Å². The zero-order chi connectivity index (χ0) is 12.1. The van der Waals surface area contributed by atoms with Crippen LogP contribution in [0.3, 0.4) is 0 Å². The number of hydrogen-bond acceptors (Lipinski definition) is 1. The normalized spacial score (nSPS) is 11.8. The Morgan fingerprint density at radius 3 is 2.88 bits per heavy atom. The second kappa shape index (κ2) is 5.69. The number of hydrogen-bond donors (Lipinski definition) is 0. The van der Waals surface area contributed by atoms with Gasteiger partial charge in [-0.3, -0.25) is 0 Å². The molecule has 0 aliphatic heterocycles. The van der Waals surface area contributed by atoms with E-state index in [0.717, 1.165) is 23.4 Å². The highest BCUT2D eigenvalue weighted by molar-refractivity contribution is 6.32. The monoisotopic (exact) mass is 246 g/mol. The van der Waals surface area contributed by atoms with Gasteiger partial charge in [-0.15, -0.1) is 0 Å². The number of nitrogens with zero attached hydrogens (tertiary/aromatic N) is 2. The number of halogens is 1. The van der Waals surface area contributed by atoms with Crippen LogP contribution in [0, 0.1) is 0 Å². The fraction of sp³-hybridized carbons (Fsp3) is 0.214. The lowest BCUT2D eigenvalue weighted by molar-refractivity contribution is 0.970. The topological polar surface area (TPSA) is 17.8 Å². The molecule has 0 atom stereocenters. The summed E-state index contributed by atoms with van der Waals surface area (Å²) in [5.74, 6) is 0. The predicted octanol–water partition coefficient (Wildman–Crippen LogP) is 4.33.